The molecule has 3 rings (SSSR count). The van der Waals surface area contributed by atoms with Crippen LogP contribution in [0.15, 0.2) is 71.6 Å². The Hall–Kier alpha value is -2.74. The number of sulfonamides is 1. The fourth-order valence-electron chi connectivity index (χ4n) is 2.69. The van der Waals surface area contributed by atoms with Gasteiger partial charge >= 0.3 is 0 Å². The summed E-state index contributed by atoms with van der Waals surface area (Å²) in [4.78, 5) is 12.2. The molecular formula is C20H20N2O4S. The zero-order valence-electron chi connectivity index (χ0n) is 14.6. The van der Waals surface area contributed by atoms with Crippen LogP contribution in [0, 0.1) is 0 Å². The summed E-state index contributed by atoms with van der Waals surface area (Å²) < 4.78 is 27.3. The van der Waals surface area contributed by atoms with Crippen LogP contribution in [-0.2, 0) is 21.4 Å². The first-order valence-corrected chi connectivity index (χ1v) is 9.94. The Kier molecular flexibility index (Phi) is 5.85. The van der Waals surface area contributed by atoms with Crippen LogP contribution in [0.3, 0.4) is 0 Å². The van der Waals surface area contributed by atoms with Crippen molar-refractivity contribution in [1.29, 1.82) is 0 Å². The lowest BCUT2D eigenvalue weighted by Crippen LogP contribution is -2.27. The molecule has 0 aliphatic carbocycles. The van der Waals surface area contributed by atoms with Crippen LogP contribution in [0.25, 0.3) is 10.8 Å². The molecular weight excluding hydrogens is 364 g/mol. The van der Waals surface area contributed by atoms with Gasteiger partial charge < -0.3 is 10.4 Å². The second kappa shape index (κ2) is 8.30. The molecule has 6 nitrogen and oxygen atoms in total. The Balaban J connectivity index is 1.58. The second-order valence-electron chi connectivity index (χ2n) is 6.06. The number of hydrogen-bond donors (Lipinski definition) is 3. The molecule has 0 saturated heterocycles. The number of benzene rings is 3. The highest BCUT2D eigenvalue weighted by atomic mass is 32.2. The fourth-order valence-corrected chi connectivity index (χ4v) is 3.75. The highest BCUT2D eigenvalue weighted by Gasteiger charge is 2.14. The van der Waals surface area contributed by atoms with E-state index in [-0.39, 0.29) is 30.4 Å². The number of aliphatic hydroxyl groups excluding tert-OH is 1. The summed E-state index contributed by atoms with van der Waals surface area (Å²) >= 11 is 0. The number of hydrogen-bond acceptors (Lipinski definition) is 4. The quantitative estimate of drug-likeness (QED) is 0.584. The molecule has 27 heavy (non-hydrogen) atoms. The number of anilines is 1. The molecule has 140 valence electrons. The van der Waals surface area contributed by atoms with Crippen molar-refractivity contribution in [3.63, 3.8) is 0 Å². The molecule has 0 atom stereocenters. The SMILES string of the molecule is O=C(CCNS(=O)(=O)c1ccc2ccccc2c1)Nc1cccc(CO)c1. The van der Waals surface area contributed by atoms with E-state index in [1.807, 2.05) is 24.3 Å². The van der Waals surface area contributed by atoms with E-state index < -0.39 is 10.0 Å². The molecule has 3 aromatic carbocycles. The van der Waals surface area contributed by atoms with Gasteiger partial charge in [-0.1, -0.05) is 42.5 Å². The molecule has 0 aliphatic heterocycles. The molecule has 0 radical (unpaired) electrons. The Bertz CT molecular complexity index is 1060. The average Bonchev–Trinajstić information content (AvgIpc) is 2.67. The van der Waals surface area contributed by atoms with Crippen LogP contribution in [-0.4, -0.2) is 26.0 Å². The van der Waals surface area contributed by atoms with Crippen LogP contribution in [0.1, 0.15) is 12.0 Å². The van der Waals surface area contributed by atoms with Crippen molar-refractivity contribution < 1.29 is 18.3 Å². The topological polar surface area (TPSA) is 95.5 Å². The summed E-state index contributed by atoms with van der Waals surface area (Å²) in [5.74, 6) is -0.314. The highest BCUT2D eigenvalue weighted by Crippen LogP contribution is 2.18. The van der Waals surface area contributed by atoms with Gasteiger partial charge in [-0.25, -0.2) is 13.1 Å². The lowest BCUT2D eigenvalue weighted by molar-refractivity contribution is -0.116. The van der Waals surface area contributed by atoms with Gasteiger partial charge in [0.25, 0.3) is 0 Å². The largest absolute Gasteiger partial charge is 0.392 e. The fraction of sp³-hybridized carbons (Fsp3) is 0.150. The molecule has 0 spiro atoms. The number of amides is 1. The molecule has 3 aromatic rings. The summed E-state index contributed by atoms with van der Waals surface area (Å²) in [7, 11) is -3.69. The van der Waals surface area contributed by atoms with E-state index in [1.54, 1.807) is 42.5 Å². The molecule has 0 unspecified atom stereocenters. The molecule has 0 aromatic heterocycles. The van der Waals surface area contributed by atoms with Crippen LogP contribution >= 0.6 is 0 Å². The highest BCUT2D eigenvalue weighted by molar-refractivity contribution is 7.89. The van der Waals surface area contributed by atoms with E-state index in [4.69, 9.17) is 5.11 Å². The van der Waals surface area contributed by atoms with E-state index in [9.17, 15) is 13.2 Å². The minimum atomic E-state index is -3.69. The first-order valence-electron chi connectivity index (χ1n) is 8.46. The molecule has 0 fully saturated rings. The molecule has 0 bridgehead atoms. The van der Waals surface area contributed by atoms with E-state index in [2.05, 4.69) is 10.0 Å². The Morgan fingerprint density at radius 3 is 2.48 bits per heavy atom. The third kappa shape index (κ3) is 4.91. The smallest absolute Gasteiger partial charge is 0.240 e. The van der Waals surface area contributed by atoms with E-state index in [0.717, 1.165) is 10.8 Å². The van der Waals surface area contributed by atoms with Crippen LogP contribution in [0.5, 0.6) is 0 Å². The van der Waals surface area contributed by atoms with Crippen LogP contribution in [0.2, 0.25) is 0 Å². The van der Waals surface area contributed by atoms with Crippen molar-refractivity contribution in [2.24, 2.45) is 0 Å². The molecule has 3 N–H and O–H groups in total. The van der Waals surface area contributed by atoms with Crippen LogP contribution in [0.4, 0.5) is 5.69 Å². The van der Waals surface area contributed by atoms with Gasteiger partial charge in [-0.15, -0.1) is 0 Å². The third-order valence-corrected chi connectivity index (χ3v) is 5.53. The number of fused-ring (bicyclic) bond motifs is 1. The molecule has 0 saturated carbocycles. The average molecular weight is 384 g/mol. The maximum Gasteiger partial charge on any atom is 0.240 e. The van der Waals surface area contributed by atoms with Gasteiger partial charge in [0, 0.05) is 18.7 Å². The van der Waals surface area contributed by atoms with Crippen molar-refractivity contribution in [3.8, 4) is 0 Å². The predicted octanol–water partition coefficient (Wildman–Crippen LogP) is 2.64. The normalized spacial score (nSPS) is 11.4. The summed E-state index contributed by atoms with van der Waals surface area (Å²) in [5, 5.41) is 13.6. The minimum Gasteiger partial charge on any atom is -0.392 e. The van der Waals surface area contributed by atoms with Crippen molar-refractivity contribution >= 4 is 32.4 Å². The Morgan fingerprint density at radius 2 is 1.70 bits per heavy atom. The maximum absolute atomic E-state index is 12.4. The van der Waals surface area contributed by atoms with Gasteiger partial charge in [-0.05, 0) is 40.6 Å². The van der Waals surface area contributed by atoms with Gasteiger partial charge in [-0.3, -0.25) is 4.79 Å². The van der Waals surface area contributed by atoms with E-state index in [1.165, 1.54) is 0 Å². The van der Waals surface area contributed by atoms with Crippen LogP contribution < -0.4 is 10.0 Å². The van der Waals surface area contributed by atoms with Crippen molar-refractivity contribution in [2.45, 2.75) is 17.9 Å². The van der Waals surface area contributed by atoms with Gasteiger partial charge in [0.05, 0.1) is 11.5 Å². The number of carbonyl (C=O) groups excluding carboxylic acids is 1. The van der Waals surface area contributed by atoms with Gasteiger partial charge in [0.2, 0.25) is 15.9 Å². The molecule has 0 heterocycles. The standard InChI is InChI=1S/C20H20N2O4S/c23-14-15-4-3-7-18(12-15)22-20(24)10-11-21-27(25,26)19-9-8-16-5-1-2-6-17(16)13-19/h1-9,12-13,21,23H,10-11,14H2,(H,22,24). The predicted molar refractivity (Wildman–Crippen MR) is 105 cm³/mol. The minimum absolute atomic E-state index is 0.00381. The van der Waals surface area contributed by atoms with Gasteiger partial charge in [0.1, 0.15) is 0 Å². The number of carbonyl (C=O) groups is 1. The number of aliphatic hydroxyl groups is 1. The van der Waals surface area contributed by atoms with Gasteiger partial charge in [0.15, 0.2) is 0 Å². The third-order valence-electron chi connectivity index (χ3n) is 4.07. The first kappa shape index (κ1) is 19.0. The second-order valence-corrected chi connectivity index (χ2v) is 7.83. The molecule has 7 heteroatoms. The lowest BCUT2D eigenvalue weighted by Gasteiger charge is -2.09. The first-order chi connectivity index (χ1) is 13.0. The van der Waals surface area contributed by atoms with Gasteiger partial charge in [-0.2, -0.15) is 0 Å². The zero-order valence-corrected chi connectivity index (χ0v) is 15.4. The summed E-state index contributed by atoms with van der Waals surface area (Å²) in [6, 6.07) is 19.3. The molecule has 1 amide bonds. The molecule has 0 aliphatic rings. The summed E-state index contributed by atoms with van der Waals surface area (Å²) in [6.07, 6.45) is -0.00381. The van der Waals surface area contributed by atoms with E-state index >= 15 is 0 Å². The monoisotopic (exact) mass is 384 g/mol. The van der Waals surface area contributed by atoms with Crippen molar-refractivity contribution in [1.82, 2.24) is 4.72 Å². The van der Waals surface area contributed by atoms with Crippen molar-refractivity contribution in [3.05, 3.63) is 72.3 Å². The van der Waals surface area contributed by atoms with E-state index in [0.29, 0.717) is 11.3 Å². The zero-order chi connectivity index (χ0) is 19.3. The summed E-state index contributed by atoms with van der Waals surface area (Å²) in [6.45, 7) is -0.129. The Morgan fingerprint density at radius 1 is 0.926 bits per heavy atom. The number of nitrogens with one attached hydrogen (secondary N) is 2. The van der Waals surface area contributed by atoms with Crippen molar-refractivity contribution in [2.75, 3.05) is 11.9 Å². The summed E-state index contributed by atoms with van der Waals surface area (Å²) in [5.41, 5.74) is 1.24. The lowest BCUT2D eigenvalue weighted by atomic mass is 10.1. The Labute approximate surface area is 157 Å². The maximum atomic E-state index is 12.4. The number of rotatable bonds is 7.